The van der Waals surface area contributed by atoms with E-state index >= 15 is 0 Å². The first-order chi connectivity index (χ1) is 9.70. The lowest BCUT2D eigenvalue weighted by atomic mass is 9.83. The van der Waals surface area contributed by atoms with Crippen LogP contribution in [0.2, 0.25) is 0 Å². The third-order valence-corrected chi connectivity index (χ3v) is 4.79. The van der Waals surface area contributed by atoms with E-state index in [2.05, 4.69) is 31.5 Å². The summed E-state index contributed by atoms with van der Waals surface area (Å²) < 4.78 is 0.767. The molecule has 1 aromatic heterocycles. The van der Waals surface area contributed by atoms with Crippen molar-refractivity contribution < 1.29 is 4.79 Å². The summed E-state index contributed by atoms with van der Waals surface area (Å²) in [6, 6.07) is 3.87. The van der Waals surface area contributed by atoms with Crippen molar-refractivity contribution in [3.05, 3.63) is 22.9 Å². The first-order valence-electron chi connectivity index (χ1n) is 7.40. The van der Waals surface area contributed by atoms with E-state index in [-0.39, 0.29) is 6.03 Å². The fraction of sp³-hybridized carbons (Fsp3) is 0.600. The molecule has 0 aromatic carbocycles. The number of hydrogen-bond acceptors (Lipinski definition) is 2. The second-order valence-electron chi connectivity index (χ2n) is 5.93. The quantitative estimate of drug-likeness (QED) is 0.821. The molecule has 0 aliphatic heterocycles. The number of anilines is 1. The predicted molar refractivity (Wildman–Crippen MR) is 82.6 cm³/mol. The molecule has 2 aliphatic carbocycles. The van der Waals surface area contributed by atoms with Crippen molar-refractivity contribution in [1.82, 2.24) is 10.3 Å². The lowest BCUT2D eigenvalue weighted by Crippen LogP contribution is -2.41. The molecule has 0 unspecified atom stereocenters. The van der Waals surface area contributed by atoms with Gasteiger partial charge in [0.1, 0.15) is 4.60 Å². The number of nitrogens with zero attached hydrogens (tertiary/aromatic N) is 1. The number of nitrogens with one attached hydrogen (secondary N) is 2. The van der Waals surface area contributed by atoms with Gasteiger partial charge >= 0.3 is 6.03 Å². The first kappa shape index (κ1) is 13.9. The Bertz CT molecular complexity index is 473. The minimum absolute atomic E-state index is 0.115. The van der Waals surface area contributed by atoms with Gasteiger partial charge in [-0.3, -0.25) is 0 Å². The van der Waals surface area contributed by atoms with Crippen molar-refractivity contribution in [2.24, 2.45) is 11.8 Å². The van der Waals surface area contributed by atoms with Crippen LogP contribution in [0.4, 0.5) is 10.5 Å². The summed E-state index contributed by atoms with van der Waals surface area (Å²) in [5.41, 5.74) is 0.722. The van der Waals surface area contributed by atoms with Crippen LogP contribution in [0, 0.1) is 11.8 Å². The molecule has 2 fully saturated rings. The Morgan fingerprint density at radius 1 is 1.20 bits per heavy atom. The van der Waals surface area contributed by atoms with Gasteiger partial charge in [0, 0.05) is 6.04 Å². The molecule has 2 amide bonds. The van der Waals surface area contributed by atoms with E-state index < -0.39 is 0 Å². The summed E-state index contributed by atoms with van der Waals surface area (Å²) in [5, 5.41) is 5.95. The molecule has 2 atom stereocenters. The lowest BCUT2D eigenvalue weighted by molar-refractivity contribution is 0.230. The van der Waals surface area contributed by atoms with E-state index in [4.69, 9.17) is 0 Å². The highest BCUT2D eigenvalue weighted by Gasteiger charge is 2.34. The molecule has 3 rings (SSSR count). The zero-order valence-corrected chi connectivity index (χ0v) is 13.0. The van der Waals surface area contributed by atoms with Gasteiger partial charge in [0.15, 0.2) is 0 Å². The summed E-state index contributed by atoms with van der Waals surface area (Å²) in [7, 11) is 0. The minimum Gasteiger partial charge on any atom is -0.335 e. The van der Waals surface area contributed by atoms with Gasteiger partial charge in [0.2, 0.25) is 0 Å². The molecule has 2 aliphatic rings. The third kappa shape index (κ3) is 3.72. The molecule has 108 valence electrons. The van der Waals surface area contributed by atoms with Gasteiger partial charge in [0.25, 0.3) is 0 Å². The highest BCUT2D eigenvalue weighted by Crippen LogP contribution is 2.43. The molecule has 2 saturated carbocycles. The van der Waals surface area contributed by atoms with Crippen LogP contribution in [0.25, 0.3) is 0 Å². The van der Waals surface area contributed by atoms with Crippen LogP contribution in [0.15, 0.2) is 22.9 Å². The number of carbonyl (C=O) groups excluding carboxylic acids is 1. The molecule has 0 bridgehead atoms. The van der Waals surface area contributed by atoms with E-state index in [1.807, 2.05) is 12.1 Å². The normalized spacial score (nSPS) is 26.1. The van der Waals surface area contributed by atoms with E-state index in [0.29, 0.717) is 6.04 Å². The Hall–Kier alpha value is -1.10. The average Bonchev–Trinajstić information content (AvgIpc) is 3.26. The monoisotopic (exact) mass is 337 g/mol. The van der Waals surface area contributed by atoms with Crippen molar-refractivity contribution in [1.29, 1.82) is 0 Å². The lowest BCUT2D eigenvalue weighted by Gasteiger charge is -2.29. The molecule has 1 aromatic rings. The van der Waals surface area contributed by atoms with E-state index in [1.54, 1.807) is 6.20 Å². The molecule has 5 heteroatoms. The van der Waals surface area contributed by atoms with Crippen LogP contribution >= 0.6 is 15.9 Å². The maximum absolute atomic E-state index is 12.0. The predicted octanol–water partition coefficient (Wildman–Crippen LogP) is 3.93. The van der Waals surface area contributed by atoms with Crippen molar-refractivity contribution in [2.45, 2.75) is 44.6 Å². The van der Waals surface area contributed by atoms with Gasteiger partial charge in [-0.25, -0.2) is 9.78 Å². The molecule has 0 radical (unpaired) electrons. The van der Waals surface area contributed by atoms with Crippen LogP contribution in [-0.2, 0) is 0 Å². The standard InChI is InChI=1S/C15H20BrN3O/c16-14-7-6-13(9-17-14)19-15(20)18-12-3-1-2-11(8-12)10-4-5-10/h6-7,9-12H,1-5,8H2,(H2,18,19,20)/t11-,12+/m0/s1. The number of halogens is 1. The SMILES string of the molecule is O=C(Nc1ccc(Br)nc1)N[C@@H]1CCC[C@H](C2CC2)C1. The van der Waals surface area contributed by atoms with Crippen molar-refractivity contribution >= 4 is 27.6 Å². The Labute approximate surface area is 127 Å². The zero-order chi connectivity index (χ0) is 13.9. The van der Waals surface area contributed by atoms with Crippen LogP contribution in [0.3, 0.4) is 0 Å². The number of urea groups is 1. The van der Waals surface area contributed by atoms with Crippen molar-refractivity contribution in [2.75, 3.05) is 5.32 Å². The molecular weight excluding hydrogens is 318 g/mol. The van der Waals surface area contributed by atoms with E-state index in [0.717, 1.165) is 35.0 Å². The maximum Gasteiger partial charge on any atom is 0.319 e. The summed E-state index contributed by atoms with van der Waals surface area (Å²) in [4.78, 5) is 16.1. The maximum atomic E-state index is 12.0. The molecule has 2 N–H and O–H groups in total. The first-order valence-corrected chi connectivity index (χ1v) is 8.19. The zero-order valence-electron chi connectivity index (χ0n) is 11.4. The van der Waals surface area contributed by atoms with Crippen LogP contribution < -0.4 is 10.6 Å². The largest absolute Gasteiger partial charge is 0.335 e. The molecule has 0 saturated heterocycles. The fourth-order valence-corrected chi connectivity index (χ4v) is 3.39. The number of carbonyl (C=O) groups is 1. The number of pyridine rings is 1. The van der Waals surface area contributed by atoms with Crippen molar-refractivity contribution in [3.8, 4) is 0 Å². The Balaban J connectivity index is 1.49. The summed E-state index contributed by atoms with van der Waals surface area (Å²) in [6.45, 7) is 0. The molecule has 1 heterocycles. The van der Waals surface area contributed by atoms with E-state index in [1.165, 1.54) is 25.7 Å². The Morgan fingerprint density at radius 3 is 2.75 bits per heavy atom. The summed E-state index contributed by atoms with van der Waals surface area (Å²) >= 11 is 3.28. The fourth-order valence-electron chi connectivity index (χ4n) is 3.16. The molecule has 20 heavy (non-hydrogen) atoms. The average molecular weight is 338 g/mol. The number of aromatic nitrogens is 1. The Morgan fingerprint density at radius 2 is 2.05 bits per heavy atom. The van der Waals surface area contributed by atoms with Gasteiger partial charge in [-0.1, -0.05) is 12.8 Å². The van der Waals surface area contributed by atoms with Crippen molar-refractivity contribution in [3.63, 3.8) is 0 Å². The van der Waals surface area contributed by atoms with Gasteiger partial charge in [-0.2, -0.15) is 0 Å². The number of rotatable bonds is 3. The summed E-state index contributed by atoms with van der Waals surface area (Å²) in [6.07, 6.45) is 9.29. The van der Waals surface area contributed by atoms with Gasteiger partial charge < -0.3 is 10.6 Å². The Kier molecular flexibility index (Phi) is 4.24. The van der Waals surface area contributed by atoms with Crippen LogP contribution in [0.5, 0.6) is 0 Å². The van der Waals surface area contributed by atoms with Gasteiger partial charge in [-0.15, -0.1) is 0 Å². The third-order valence-electron chi connectivity index (χ3n) is 4.32. The van der Waals surface area contributed by atoms with Gasteiger partial charge in [-0.05, 0) is 65.6 Å². The molecule has 0 spiro atoms. The topological polar surface area (TPSA) is 54.0 Å². The second-order valence-corrected chi connectivity index (χ2v) is 6.74. The number of amides is 2. The minimum atomic E-state index is -0.115. The molecular formula is C15H20BrN3O. The van der Waals surface area contributed by atoms with Crippen LogP contribution in [-0.4, -0.2) is 17.1 Å². The molecule has 4 nitrogen and oxygen atoms in total. The second kappa shape index (κ2) is 6.12. The smallest absolute Gasteiger partial charge is 0.319 e. The highest BCUT2D eigenvalue weighted by atomic mass is 79.9. The number of hydrogen-bond donors (Lipinski definition) is 2. The van der Waals surface area contributed by atoms with E-state index in [9.17, 15) is 4.79 Å². The van der Waals surface area contributed by atoms with Crippen LogP contribution in [0.1, 0.15) is 38.5 Å². The van der Waals surface area contributed by atoms with Gasteiger partial charge in [0.05, 0.1) is 11.9 Å². The summed E-state index contributed by atoms with van der Waals surface area (Å²) in [5.74, 6) is 1.78. The highest BCUT2D eigenvalue weighted by molar-refractivity contribution is 9.10.